The van der Waals surface area contributed by atoms with Crippen LogP contribution >= 0.6 is 0 Å². The van der Waals surface area contributed by atoms with Crippen LogP contribution in [0.15, 0.2) is 24.3 Å². The summed E-state index contributed by atoms with van der Waals surface area (Å²) in [6, 6.07) is 7.32. The third kappa shape index (κ3) is 3.25. The monoisotopic (exact) mass is 330 g/mol. The average Bonchev–Trinajstić information content (AvgIpc) is 2.78. The van der Waals surface area contributed by atoms with Gasteiger partial charge in [-0.3, -0.25) is 9.69 Å². The maximum atomic E-state index is 13.0. The van der Waals surface area contributed by atoms with Crippen molar-refractivity contribution in [3.8, 4) is 5.75 Å². The van der Waals surface area contributed by atoms with Crippen molar-refractivity contribution in [3.05, 3.63) is 29.8 Å². The van der Waals surface area contributed by atoms with E-state index in [0.717, 1.165) is 49.8 Å². The van der Waals surface area contributed by atoms with Crippen LogP contribution in [0.4, 0.5) is 4.79 Å². The number of hydrogen-bond acceptors (Lipinski definition) is 3. The number of amides is 3. The van der Waals surface area contributed by atoms with Crippen molar-refractivity contribution in [3.63, 3.8) is 0 Å². The van der Waals surface area contributed by atoms with Gasteiger partial charge in [0.25, 0.3) is 5.91 Å². The predicted molar refractivity (Wildman–Crippen MR) is 91.7 cm³/mol. The van der Waals surface area contributed by atoms with Crippen molar-refractivity contribution >= 4 is 11.9 Å². The Kier molecular flexibility index (Phi) is 5.07. The lowest BCUT2D eigenvalue weighted by molar-refractivity contribution is -0.132. The summed E-state index contributed by atoms with van der Waals surface area (Å²) >= 11 is 0. The number of ether oxygens (including phenoxy) is 1. The lowest BCUT2D eigenvalue weighted by atomic mass is 9.84. The molecule has 1 saturated carbocycles. The second kappa shape index (κ2) is 7.24. The Hall–Kier alpha value is -2.04. The minimum Gasteiger partial charge on any atom is -0.494 e. The van der Waals surface area contributed by atoms with Crippen LogP contribution in [-0.2, 0) is 11.3 Å². The van der Waals surface area contributed by atoms with Crippen LogP contribution < -0.4 is 10.1 Å². The number of para-hydroxylation sites is 1. The highest BCUT2D eigenvalue weighted by atomic mass is 16.5. The standard InChI is InChI=1S/C19H26N2O3/c1-2-24-16-11-7-6-10-15(16)14-21-17(22)19(20-18(21)23)12-8-4-3-5-9-13-19/h6-7,10-11H,2-5,8-9,12-14H2,1H3,(H,20,23). The number of hydrogen-bond donors (Lipinski definition) is 1. The normalized spacial score (nSPS) is 20.6. The van der Waals surface area contributed by atoms with Crippen LogP contribution in [0, 0.1) is 0 Å². The summed E-state index contributed by atoms with van der Waals surface area (Å²) in [5, 5.41) is 3.01. The van der Waals surface area contributed by atoms with Crippen LogP contribution in [0.2, 0.25) is 0 Å². The van der Waals surface area contributed by atoms with E-state index in [4.69, 9.17) is 4.74 Å². The zero-order valence-corrected chi connectivity index (χ0v) is 14.3. The zero-order chi connectivity index (χ0) is 17.0. The van der Waals surface area contributed by atoms with E-state index in [2.05, 4.69) is 5.32 Å². The highest BCUT2D eigenvalue weighted by Gasteiger charge is 2.50. The molecule has 24 heavy (non-hydrogen) atoms. The van der Waals surface area contributed by atoms with Crippen molar-refractivity contribution in [2.24, 2.45) is 0 Å². The van der Waals surface area contributed by atoms with Crippen LogP contribution in [0.3, 0.4) is 0 Å². The van der Waals surface area contributed by atoms with Gasteiger partial charge in [0.05, 0.1) is 13.2 Å². The fourth-order valence-corrected chi connectivity index (χ4v) is 3.77. The van der Waals surface area contributed by atoms with E-state index in [0.29, 0.717) is 6.61 Å². The van der Waals surface area contributed by atoms with Crippen molar-refractivity contribution < 1.29 is 14.3 Å². The predicted octanol–water partition coefficient (Wildman–Crippen LogP) is 3.62. The Morgan fingerprint density at radius 2 is 1.75 bits per heavy atom. The van der Waals surface area contributed by atoms with Gasteiger partial charge in [-0.2, -0.15) is 0 Å². The molecule has 2 fully saturated rings. The van der Waals surface area contributed by atoms with E-state index in [1.165, 1.54) is 11.3 Å². The number of nitrogens with one attached hydrogen (secondary N) is 1. The molecule has 0 atom stereocenters. The van der Waals surface area contributed by atoms with E-state index in [-0.39, 0.29) is 18.5 Å². The Bertz CT molecular complexity index is 606. The van der Waals surface area contributed by atoms with Crippen molar-refractivity contribution in [2.75, 3.05) is 6.61 Å². The summed E-state index contributed by atoms with van der Waals surface area (Å²) < 4.78 is 5.62. The van der Waals surface area contributed by atoms with Crippen LogP contribution in [-0.4, -0.2) is 29.0 Å². The van der Waals surface area contributed by atoms with E-state index < -0.39 is 5.54 Å². The van der Waals surface area contributed by atoms with Gasteiger partial charge in [-0.15, -0.1) is 0 Å². The Labute approximate surface area is 143 Å². The number of rotatable bonds is 4. The first kappa shape index (κ1) is 16.8. The van der Waals surface area contributed by atoms with E-state index in [1.54, 1.807) is 0 Å². The van der Waals surface area contributed by atoms with Gasteiger partial charge in [0.15, 0.2) is 0 Å². The molecule has 1 N–H and O–H groups in total. The Morgan fingerprint density at radius 1 is 1.08 bits per heavy atom. The second-order valence-corrected chi connectivity index (χ2v) is 6.71. The molecule has 1 aliphatic carbocycles. The minimum atomic E-state index is -0.682. The van der Waals surface area contributed by atoms with Gasteiger partial charge in [0.1, 0.15) is 11.3 Å². The third-order valence-electron chi connectivity index (χ3n) is 5.05. The number of carbonyl (C=O) groups is 2. The summed E-state index contributed by atoms with van der Waals surface area (Å²) in [7, 11) is 0. The summed E-state index contributed by atoms with van der Waals surface area (Å²) in [5.41, 5.74) is 0.184. The molecule has 1 aromatic carbocycles. The number of urea groups is 1. The molecule has 1 spiro atoms. The molecule has 3 rings (SSSR count). The first-order valence-corrected chi connectivity index (χ1v) is 9.01. The fraction of sp³-hybridized carbons (Fsp3) is 0.579. The molecule has 0 unspecified atom stereocenters. The van der Waals surface area contributed by atoms with Crippen molar-refractivity contribution in [2.45, 2.75) is 64.0 Å². The Balaban J connectivity index is 1.79. The number of nitrogens with zero attached hydrogens (tertiary/aromatic N) is 1. The minimum absolute atomic E-state index is 0.0688. The highest BCUT2D eigenvalue weighted by molar-refractivity contribution is 6.07. The van der Waals surface area contributed by atoms with Gasteiger partial charge in [-0.05, 0) is 25.8 Å². The molecule has 2 aliphatic rings. The van der Waals surface area contributed by atoms with Crippen LogP contribution in [0.1, 0.15) is 57.4 Å². The molecule has 1 saturated heterocycles. The molecule has 0 radical (unpaired) electrons. The maximum absolute atomic E-state index is 13.0. The van der Waals surface area contributed by atoms with Gasteiger partial charge in [0.2, 0.25) is 0 Å². The summed E-state index contributed by atoms with van der Waals surface area (Å²) in [6.45, 7) is 2.75. The molecule has 3 amide bonds. The summed E-state index contributed by atoms with van der Waals surface area (Å²) in [6.07, 6.45) is 6.99. The number of benzene rings is 1. The molecule has 5 heteroatoms. The van der Waals surface area contributed by atoms with Crippen LogP contribution in [0.25, 0.3) is 0 Å². The zero-order valence-electron chi connectivity index (χ0n) is 14.3. The van der Waals surface area contributed by atoms with Crippen molar-refractivity contribution in [1.29, 1.82) is 0 Å². The molecular weight excluding hydrogens is 304 g/mol. The molecule has 1 aliphatic heterocycles. The van der Waals surface area contributed by atoms with Gasteiger partial charge < -0.3 is 10.1 Å². The van der Waals surface area contributed by atoms with Gasteiger partial charge in [0, 0.05) is 5.56 Å². The summed E-state index contributed by atoms with van der Waals surface area (Å²) in [5.74, 6) is 0.667. The van der Waals surface area contributed by atoms with Crippen LogP contribution in [0.5, 0.6) is 5.75 Å². The van der Waals surface area contributed by atoms with E-state index >= 15 is 0 Å². The highest BCUT2D eigenvalue weighted by Crippen LogP contribution is 2.33. The molecule has 1 heterocycles. The smallest absolute Gasteiger partial charge is 0.325 e. The third-order valence-corrected chi connectivity index (χ3v) is 5.05. The molecule has 0 aromatic heterocycles. The molecule has 0 bridgehead atoms. The first-order chi connectivity index (χ1) is 11.7. The van der Waals surface area contributed by atoms with E-state index in [9.17, 15) is 9.59 Å². The molecule has 5 nitrogen and oxygen atoms in total. The summed E-state index contributed by atoms with van der Waals surface area (Å²) in [4.78, 5) is 26.9. The average molecular weight is 330 g/mol. The molecule has 130 valence electrons. The Morgan fingerprint density at radius 3 is 2.46 bits per heavy atom. The molecule has 1 aromatic rings. The van der Waals surface area contributed by atoms with E-state index in [1.807, 2.05) is 31.2 Å². The topological polar surface area (TPSA) is 58.6 Å². The SMILES string of the molecule is CCOc1ccccc1CN1C(=O)NC2(CCCCCCC2)C1=O. The first-order valence-electron chi connectivity index (χ1n) is 9.01. The van der Waals surface area contributed by atoms with Gasteiger partial charge in [-0.25, -0.2) is 4.79 Å². The quantitative estimate of drug-likeness (QED) is 0.858. The number of imide groups is 1. The lowest BCUT2D eigenvalue weighted by Gasteiger charge is -2.28. The van der Waals surface area contributed by atoms with Gasteiger partial charge in [-0.1, -0.05) is 50.3 Å². The lowest BCUT2D eigenvalue weighted by Crippen LogP contribution is -2.47. The largest absolute Gasteiger partial charge is 0.494 e. The van der Waals surface area contributed by atoms with Gasteiger partial charge >= 0.3 is 6.03 Å². The maximum Gasteiger partial charge on any atom is 0.325 e. The second-order valence-electron chi connectivity index (χ2n) is 6.71. The number of carbonyl (C=O) groups excluding carboxylic acids is 2. The van der Waals surface area contributed by atoms with Crippen molar-refractivity contribution in [1.82, 2.24) is 10.2 Å². The fourth-order valence-electron chi connectivity index (χ4n) is 3.77. The molecular formula is C19H26N2O3.